The monoisotopic (exact) mass is 270 g/mol. The number of ether oxygens (including phenoxy) is 1. The summed E-state index contributed by atoms with van der Waals surface area (Å²) in [4.78, 5) is 0. The zero-order valence-electron chi connectivity index (χ0n) is 14.3. The molecule has 0 aliphatic carbocycles. The summed E-state index contributed by atoms with van der Waals surface area (Å²) >= 11 is 0. The van der Waals surface area contributed by atoms with E-state index >= 15 is 0 Å². The minimum absolute atomic E-state index is 0.456. The summed E-state index contributed by atoms with van der Waals surface area (Å²) in [5.41, 5.74) is 0.456. The topological polar surface area (TPSA) is 9.23 Å². The highest BCUT2D eigenvalue weighted by molar-refractivity contribution is 4.66. The molecule has 0 aromatic carbocycles. The average Bonchev–Trinajstić information content (AvgIpc) is 2.29. The zero-order valence-corrected chi connectivity index (χ0v) is 14.3. The fourth-order valence-electron chi connectivity index (χ4n) is 2.70. The van der Waals surface area contributed by atoms with E-state index < -0.39 is 0 Å². The molecule has 1 unspecified atom stereocenters. The predicted octanol–water partition coefficient (Wildman–Crippen LogP) is 6.22. The summed E-state index contributed by atoms with van der Waals surface area (Å²) in [5.74, 6) is 0.786. The molecule has 0 spiro atoms. The highest BCUT2D eigenvalue weighted by atomic mass is 16.5. The van der Waals surface area contributed by atoms with Crippen molar-refractivity contribution in [1.82, 2.24) is 0 Å². The average molecular weight is 271 g/mol. The van der Waals surface area contributed by atoms with Crippen LogP contribution in [0.4, 0.5) is 0 Å². The number of unbranched alkanes of at least 4 members (excludes halogenated alkanes) is 6. The maximum atomic E-state index is 5.75. The normalized spacial score (nSPS) is 13.7. The molecule has 1 heteroatoms. The van der Waals surface area contributed by atoms with Crippen LogP contribution in [0.25, 0.3) is 0 Å². The van der Waals surface area contributed by atoms with Gasteiger partial charge in [0.05, 0.1) is 0 Å². The Labute approximate surface area is 122 Å². The van der Waals surface area contributed by atoms with Gasteiger partial charge >= 0.3 is 0 Å². The van der Waals surface area contributed by atoms with Gasteiger partial charge in [-0.25, -0.2) is 0 Å². The van der Waals surface area contributed by atoms with Crippen LogP contribution in [0.5, 0.6) is 0 Å². The first kappa shape index (κ1) is 19.0. The van der Waals surface area contributed by atoms with Crippen LogP contribution in [0, 0.1) is 11.3 Å². The van der Waals surface area contributed by atoms with Crippen LogP contribution in [-0.4, -0.2) is 13.2 Å². The van der Waals surface area contributed by atoms with Crippen LogP contribution in [0.2, 0.25) is 0 Å². The molecule has 0 aliphatic rings. The molecular weight excluding hydrogens is 232 g/mol. The molecule has 0 amide bonds. The van der Waals surface area contributed by atoms with E-state index in [0.29, 0.717) is 5.41 Å². The molecule has 0 saturated heterocycles. The highest BCUT2D eigenvalue weighted by Gasteiger charge is 2.14. The first-order chi connectivity index (χ1) is 8.95. The smallest absolute Gasteiger partial charge is 0.0468 e. The second-order valence-corrected chi connectivity index (χ2v) is 7.39. The second kappa shape index (κ2) is 11.8. The van der Waals surface area contributed by atoms with Gasteiger partial charge in [-0.3, -0.25) is 0 Å². The van der Waals surface area contributed by atoms with Crippen molar-refractivity contribution in [3.8, 4) is 0 Å². The van der Waals surface area contributed by atoms with Crippen LogP contribution < -0.4 is 0 Å². The third kappa shape index (κ3) is 15.9. The van der Waals surface area contributed by atoms with Crippen LogP contribution in [0.15, 0.2) is 0 Å². The van der Waals surface area contributed by atoms with Gasteiger partial charge in [0.1, 0.15) is 0 Å². The Balaban J connectivity index is 3.18. The van der Waals surface area contributed by atoms with Gasteiger partial charge in [0.25, 0.3) is 0 Å². The van der Waals surface area contributed by atoms with Crippen LogP contribution >= 0.6 is 0 Å². The lowest BCUT2D eigenvalue weighted by molar-refractivity contribution is 0.112. The van der Waals surface area contributed by atoms with E-state index in [2.05, 4.69) is 34.6 Å². The molecule has 116 valence electrons. The predicted molar refractivity (Wildman–Crippen MR) is 86.7 cm³/mol. The minimum atomic E-state index is 0.456. The molecule has 0 bridgehead atoms. The summed E-state index contributed by atoms with van der Waals surface area (Å²) in [7, 11) is 0. The van der Waals surface area contributed by atoms with Gasteiger partial charge in [-0.2, -0.15) is 0 Å². The molecule has 0 fully saturated rings. The molecule has 0 saturated carbocycles. The van der Waals surface area contributed by atoms with Gasteiger partial charge in [-0.15, -0.1) is 0 Å². The molecule has 0 aliphatic heterocycles. The molecule has 0 N–H and O–H groups in total. The Kier molecular flexibility index (Phi) is 11.7. The van der Waals surface area contributed by atoms with E-state index in [1.54, 1.807) is 0 Å². The molecule has 1 atom stereocenters. The molecule has 19 heavy (non-hydrogen) atoms. The van der Waals surface area contributed by atoms with Crippen molar-refractivity contribution in [2.45, 2.75) is 92.4 Å². The summed E-state index contributed by atoms with van der Waals surface area (Å²) in [6, 6.07) is 0. The van der Waals surface area contributed by atoms with Crippen molar-refractivity contribution in [3.63, 3.8) is 0 Å². The first-order valence-electron chi connectivity index (χ1n) is 8.53. The Morgan fingerprint density at radius 3 is 2.00 bits per heavy atom. The summed E-state index contributed by atoms with van der Waals surface area (Å²) in [6.45, 7) is 13.5. The first-order valence-corrected chi connectivity index (χ1v) is 8.53. The zero-order chi connectivity index (χ0) is 14.6. The van der Waals surface area contributed by atoms with Gasteiger partial charge in [0, 0.05) is 13.2 Å². The Morgan fingerprint density at radius 2 is 1.42 bits per heavy atom. The lowest BCUT2D eigenvalue weighted by atomic mass is 9.84. The van der Waals surface area contributed by atoms with Crippen LogP contribution in [0.3, 0.4) is 0 Å². The molecule has 0 aromatic rings. The van der Waals surface area contributed by atoms with E-state index in [9.17, 15) is 0 Å². The van der Waals surface area contributed by atoms with Crippen molar-refractivity contribution in [2.24, 2.45) is 11.3 Å². The third-order valence-corrected chi connectivity index (χ3v) is 3.61. The molecule has 0 heterocycles. The van der Waals surface area contributed by atoms with Crippen LogP contribution in [0.1, 0.15) is 92.4 Å². The summed E-state index contributed by atoms with van der Waals surface area (Å²) in [5, 5.41) is 0. The van der Waals surface area contributed by atoms with Crippen molar-refractivity contribution in [2.75, 3.05) is 13.2 Å². The van der Waals surface area contributed by atoms with Crippen molar-refractivity contribution >= 4 is 0 Å². The Bertz CT molecular complexity index is 181. The van der Waals surface area contributed by atoms with E-state index in [0.717, 1.165) is 19.1 Å². The second-order valence-electron chi connectivity index (χ2n) is 7.39. The van der Waals surface area contributed by atoms with Gasteiger partial charge < -0.3 is 4.74 Å². The maximum Gasteiger partial charge on any atom is 0.0468 e. The largest absolute Gasteiger partial charge is 0.381 e. The molecule has 0 radical (unpaired) electrons. The van der Waals surface area contributed by atoms with E-state index in [-0.39, 0.29) is 0 Å². The standard InChI is InChI=1S/C18H38O/c1-6-7-8-9-10-11-12-14-19-15-13-17(2)16-18(3,4)5/h17H,6-16H2,1-5H3. The van der Waals surface area contributed by atoms with E-state index in [4.69, 9.17) is 4.74 Å². The molecule has 0 aromatic heterocycles. The highest BCUT2D eigenvalue weighted by Crippen LogP contribution is 2.25. The summed E-state index contributed by atoms with van der Waals surface area (Å²) in [6.07, 6.45) is 12.1. The third-order valence-electron chi connectivity index (χ3n) is 3.61. The van der Waals surface area contributed by atoms with Gasteiger partial charge in [0.15, 0.2) is 0 Å². The number of rotatable bonds is 12. The minimum Gasteiger partial charge on any atom is -0.381 e. The fraction of sp³-hybridized carbons (Fsp3) is 1.00. The molecule has 1 nitrogen and oxygen atoms in total. The van der Waals surface area contributed by atoms with Crippen molar-refractivity contribution in [1.29, 1.82) is 0 Å². The maximum absolute atomic E-state index is 5.75. The number of hydrogen-bond donors (Lipinski definition) is 0. The lowest BCUT2D eigenvalue weighted by Crippen LogP contribution is -2.12. The van der Waals surface area contributed by atoms with Crippen molar-refractivity contribution in [3.05, 3.63) is 0 Å². The van der Waals surface area contributed by atoms with Gasteiger partial charge in [0.2, 0.25) is 0 Å². The lowest BCUT2D eigenvalue weighted by Gasteiger charge is -2.23. The fourth-order valence-corrected chi connectivity index (χ4v) is 2.70. The van der Waals surface area contributed by atoms with E-state index in [1.165, 1.54) is 57.8 Å². The Hall–Kier alpha value is -0.0400. The van der Waals surface area contributed by atoms with Crippen LogP contribution in [-0.2, 0) is 4.74 Å². The van der Waals surface area contributed by atoms with E-state index in [1.807, 2.05) is 0 Å². The van der Waals surface area contributed by atoms with Crippen molar-refractivity contribution < 1.29 is 4.74 Å². The Morgan fingerprint density at radius 1 is 0.842 bits per heavy atom. The molecule has 0 rings (SSSR count). The SMILES string of the molecule is CCCCCCCCCOCCC(C)CC(C)(C)C. The quantitative estimate of drug-likeness (QED) is 0.383. The number of hydrogen-bond acceptors (Lipinski definition) is 1. The van der Waals surface area contributed by atoms with Gasteiger partial charge in [-0.1, -0.05) is 73.1 Å². The molecular formula is C18H38O. The summed E-state index contributed by atoms with van der Waals surface area (Å²) < 4.78 is 5.75. The van der Waals surface area contributed by atoms with Gasteiger partial charge in [-0.05, 0) is 30.6 Å².